The maximum Gasteiger partial charge on any atom is 0.310 e. The first kappa shape index (κ1) is 10.8. The molecule has 6 nitrogen and oxygen atoms in total. The van der Waals surface area contributed by atoms with Gasteiger partial charge in [0, 0.05) is 24.0 Å². The molecule has 2 aromatic rings. The number of hydrogen-bond acceptors (Lipinski definition) is 3. The van der Waals surface area contributed by atoms with Crippen LogP contribution in [-0.4, -0.2) is 45.2 Å². The van der Waals surface area contributed by atoms with Crippen molar-refractivity contribution in [3.8, 4) is 0 Å². The van der Waals surface area contributed by atoms with E-state index in [4.69, 9.17) is 5.11 Å². The lowest BCUT2D eigenvalue weighted by Gasteiger charge is -2.36. The molecule has 0 bridgehead atoms. The summed E-state index contributed by atoms with van der Waals surface area (Å²) in [6.45, 7) is 0.579. The van der Waals surface area contributed by atoms with Crippen LogP contribution in [0.3, 0.4) is 0 Å². The third-order valence-corrected chi connectivity index (χ3v) is 3.21. The number of carbonyl (C=O) groups excluding carboxylic acids is 1. The van der Waals surface area contributed by atoms with Gasteiger partial charge in [-0.3, -0.25) is 14.7 Å². The lowest BCUT2D eigenvalue weighted by atomic mass is 9.99. The summed E-state index contributed by atoms with van der Waals surface area (Å²) in [5, 5.41) is 16.3. The number of aliphatic carboxylic acids is 1. The van der Waals surface area contributed by atoms with E-state index in [9.17, 15) is 9.59 Å². The van der Waals surface area contributed by atoms with Crippen molar-refractivity contribution >= 4 is 22.8 Å². The summed E-state index contributed by atoms with van der Waals surface area (Å²) in [7, 11) is 0. The van der Waals surface area contributed by atoms with Gasteiger partial charge < -0.3 is 10.0 Å². The van der Waals surface area contributed by atoms with Crippen LogP contribution in [0.1, 0.15) is 10.4 Å². The SMILES string of the molecule is O=C(O)C1CN(C(=O)c2ccc3[nH]ncc3c2)C1. The first-order valence-corrected chi connectivity index (χ1v) is 5.60. The van der Waals surface area contributed by atoms with E-state index in [2.05, 4.69) is 10.2 Å². The van der Waals surface area contributed by atoms with Crippen LogP contribution < -0.4 is 0 Å². The van der Waals surface area contributed by atoms with Crippen molar-refractivity contribution in [1.29, 1.82) is 0 Å². The molecule has 1 fully saturated rings. The smallest absolute Gasteiger partial charge is 0.310 e. The number of rotatable bonds is 2. The van der Waals surface area contributed by atoms with Gasteiger partial charge >= 0.3 is 5.97 Å². The average molecular weight is 245 g/mol. The molecule has 18 heavy (non-hydrogen) atoms. The molecule has 0 aliphatic carbocycles. The zero-order chi connectivity index (χ0) is 12.7. The Morgan fingerprint density at radius 1 is 1.39 bits per heavy atom. The fourth-order valence-electron chi connectivity index (χ4n) is 2.06. The van der Waals surface area contributed by atoms with E-state index in [1.54, 1.807) is 29.3 Å². The van der Waals surface area contributed by atoms with E-state index in [1.165, 1.54) is 0 Å². The Labute approximate surface area is 102 Å². The minimum Gasteiger partial charge on any atom is -0.481 e. The van der Waals surface area contributed by atoms with Crippen LogP contribution in [0.5, 0.6) is 0 Å². The van der Waals surface area contributed by atoms with Crippen LogP contribution in [0.2, 0.25) is 0 Å². The van der Waals surface area contributed by atoms with E-state index in [0.29, 0.717) is 5.56 Å². The highest BCUT2D eigenvalue weighted by Gasteiger charge is 2.35. The second-order valence-corrected chi connectivity index (χ2v) is 4.42. The second kappa shape index (κ2) is 3.83. The summed E-state index contributed by atoms with van der Waals surface area (Å²) >= 11 is 0. The number of likely N-dealkylation sites (tertiary alicyclic amines) is 1. The molecule has 0 unspecified atom stereocenters. The van der Waals surface area contributed by atoms with Crippen molar-refractivity contribution in [3.63, 3.8) is 0 Å². The van der Waals surface area contributed by atoms with Gasteiger partial charge in [0.05, 0.1) is 17.6 Å². The minimum absolute atomic E-state index is 0.129. The number of carboxylic acids is 1. The zero-order valence-corrected chi connectivity index (χ0v) is 9.46. The highest BCUT2D eigenvalue weighted by molar-refractivity contribution is 5.98. The molecule has 0 atom stereocenters. The summed E-state index contributed by atoms with van der Waals surface area (Å²) in [4.78, 5) is 24.3. The number of hydrogen-bond donors (Lipinski definition) is 2. The van der Waals surface area contributed by atoms with E-state index >= 15 is 0 Å². The molecule has 1 aliphatic rings. The topological polar surface area (TPSA) is 86.3 Å². The molecule has 1 aromatic heterocycles. The van der Waals surface area contributed by atoms with Gasteiger partial charge in [-0.25, -0.2) is 0 Å². The molecule has 0 saturated carbocycles. The highest BCUT2D eigenvalue weighted by Crippen LogP contribution is 2.20. The van der Waals surface area contributed by atoms with Crippen LogP contribution in [0.4, 0.5) is 0 Å². The number of H-pyrrole nitrogens is 1. The molecule has 0 spiro atoms. The largest absolute Gasteiger partial charge is 0.481 e. The number of aromatic amines is 1. The van der Waals surface area contributed by atoms with Gasteiger partial charge in [0.2, 0.25) is 0 Å². The molecule has 1 amide bonds. The first-order valence-electron chi connectivity index (χ1n) is 5.60. The van der Waals surface area contributed by atoms with Crippen molar-refractivity contribution in [2.75, 3.05) is 13.1 Å². The molecule has 0 radical (unpaired) electrons. The minimum atomic E-state index is -0.843. The second-order valence-electron chi connectivity index (χ2n) is 4.42. The molecule has 6 heteroatoms. The standard InChI is InChI=1S/C12H11N3O3/c16-11(15-5-9(6-15)12(17)18)7-1-2-10-8(3-7)4-13-14-10/h1-4,9H,5-6H2,(H,13,14)(H,17,18). The molecule has 1 aliphatic heterocycles. The Bertz CT molecular complexity index is 628. The fourth-order valence-corrected chi connectivity index (χ4v) is 2.06. The predicted octanol–water partition coefficient (Wildman–Crippen LogP) is 0.719. The Kier molecular flexibility index (Phi) is 2.29. The summed E-state index contributed by atoms with van der Waals surface area (Å²) in [6.07, 6.45) is 1.66. The Hall–Kier alpha value is -2.37. The summed E-state index contributed by atoms with van der Waals surface area (Å²) in [5.74, 6) is -1.40. The number of nitrogens with zero attached hydrogens (tertiary/aromatic N) is 2. The molecule has 92 valence electrons. The molecule has 1 saturated heterocycles. The van der Waals surface area contributed by atoms with Gasteiger partial charge in [-0.1, -0.05) is 0 Å². The molecule has 3 rings (SSSR count). The van der Waals surface area contributed by atoms with Gasteiger partial charge in [-0.05, 0) is 18.2 Å². The van der Waals surface area contributed by atoms with Gasteiger partial charge in [-0.15, -0.1) is 0 Å². The average Bonchev–Trinajstić information content (AvgIpc) is 2.72. The van der Waals surface area contributed by atoms with Gasteiger partial charge in [0.25, 0.3) is 5.91 Å². The van der Waals surface area contributed by atoms with E-state index < -0.39 is 11.9 Å². The third kappa shape index (κ3) is 1.62. The highest BCUT2D eigenvalue weighted by atomic mass is 16.4. The zero-order valence-electron chi connectivity index (χ0n) is 9.46. The van der Waals surface area contributed by atoms with Crippen LogP contribution in [0.25, 0.3) is 10.9 Å². The molecule has 2 N–H and O–H groups in total. The van der Waals surface area contributed by atoms with Crippen LogP contribution >= 0.6 is 0 Å². The molecule has 2 heterocycles. The van der Waals surface area contributed by atoms with E-state index in [-0.39, 0.29) is 19.0 Å². The number of carbonyl (C=O) groups is 2. The summed E-state index contributed by atoms with van der Waals surface area (Å²) in [5.41, 5.74) is 1.44. The maximum absolute atomic E-state index is 12.1. The summed E-state index contributed by atoms with van der Waals surface area (Å²) < 4.78 is 0. The van der Waals surface area contributed by atoms with Crippen molar-refractivity contribution in [3.05, 3.63) is 30.0 Å². The lowest BCUT2D eigenvalue weighted by molar-refractivity contribution is -0.146. The van der Waals surface area contributed by atoms with Crippen molar-refractivity contribution < 1.29 is 14.7 Å². The lowest BCUT2D eigenvalue weighted by Crippen LogP contribution is -2.53. The third-order valence-electron chi connectivity index (χ3n) is 3.21. The number of benzene rings is 1. The van der Waals surface area contributed by atoms with Crippen LogP contribution in [-0.2, 0) is 4.79 Å². The fraction of sp³-hybridized carbons (Fsp3) is 0.250. The number of aromatic nitrogens is 2. The van der Waals surface area contributed by atoms with Gasteiger partial charge in [0.15, 0.2) is 0 Å². The van der Waals surface area contributed by atoms with Crippen molar-refractivity contribution in [1.82, 2.24) is 15.1 Å². The van der Waals surface area contributed by atoms with E-state index in [1.807, 2.05) is 0 Å². The summed E-state index contributed by atoms with van der Waals surface area (Å²) in [6, 6.07) is 5.27. The number of amides is 1. The monoisotopic (exact) mass is 245 g/mol. The quantitative estimate of drug-likeness (QED) is 0.816. The number of fused-ring (bicyclic) bond motifs is 1. The van der Waals surface area contributed by atoms with Crippen molar-refractivity contribution in [2.24, 2.45) is 5.92 Å². The molecular formula is C12H11N3O3. The maximum atomic E-state index is 12.1. The predicted molar refractivity (Wildman–Crippen MR) is 63.1 cm³/mol. The Morgan fingerprint density at radius 3 is 2.89 bits per heavy atom. The van der Waals surface area contributed by atoms with Crippen molar-refractivity contribution in [2.45, 2.75) is 0 Å². The first-order chi connectivity index (χ1) is 8.65. The molecular weight excluding hydrogens is 234 g/mol. The Morgan fingerprint density at radius 2 is 2.17 bits per heavy atom. The number of nitrogens with one attached hydrogen (secondary N) is 1. The normalized spacial score (nSPS) is 15.7. The molecule has 1 aromatic carbocycles. The van der Waals surface area contributed by atoms with Gasteiger partial charge in [-0.2, -0.15) is 5.10 Å². The number of carboxylic acid groups (broad SMARTS) is 1. The van der Waals surface area contributed by atoms with Crippen LogP contribution in [0, 0.1) is 5.92 Å². The van der Waals surface area contributed by atoms with E-state index in [0.717, 1.165) is 10.9 Å². The van der Waals surface area contributed by atoms with Gasteiger partial charge in [0.1, 0.15) is 0 Å². The Balaban J connectivity index is 1.78. The van der Waals surface area contributed by atoms with Crippen LogP contribution in [0.15, 0.2) is 24.4 Å².